The molecule has 2 fully saturated rings. The van der Waals surface area contributed by atoms with E-state index in [0.717, 1.165) is 37.6 Å². The minimum atomic E-state index is 0.549. The van der Waals surface area contributed by atoms with Crippen molar-refractivity contribution in [1.29, 1.82) is 0 Å². The number of pyridine rings is 1. The van der Waals surface area contributed by atoms with Crippen LogP contribution in [-0.4, -0.2) is 30.3 Å². The maximum absolute atomic E-state index is 6.06. The lowest BCUT2D eigenvalue weighted by molar-refractivity contribution is 0.0840. The standard InChI is InChI=1S/C13H19N3O/c14-12-2-1-7-15-13(12)16(10-3-4-10)11-5-8-17-9-6-11/h1-2,7,10-11H,3-6,8-9,14H2. The van der Waals surface area contributed by atoms with Crippen LogP contribution in [0.25, 0.3) is 0 Å². The molecular weight excluding hydrogens is 214 g/mol. The number of nitrogens with two attached hydrogens (primary N) is 1. The molecule has 1 saturated carbocycles. The van der Waals surface area contributed by atoms with Crippen LogP contribution in [0.5, 0.6) is 0 Å². The SMILES string of the molecule is Nc1cccnc1N(C1CCOCC1)C1CC1. The van der Waals surface area contributed by atoms with Crippen LogP contribution in [0.2, 0.25) is 0 Å². The number of aromatic nitrogens is 1. The molecule has 2 aliphatic rings. The summed E-state index contributed by atoms with van der Waals surface area (Å²) in [6.45, 7) is 1.72. The van der Waals surface area contributed by atoms with Gasteiger partial charge in [-0.15, -0.1) is 0 Å². The van der Waals surface area contributed by atoms with Crippen LogP contribution in [0.15, 0.2) is 18.3 Å². The van der Waals surface area contributed by atoms with Crippen LogP contribution in [0.1, 0.15) is 25.7 Å². The van der Waals surface area contributed by atoms with Crippen LogP contribution in [0, 0.1) is 0 Å². The molecule has 1 saturated heterocycles. The normalized spacial score (nSPS) is 21.4. The van der Waals surface area contributed by atoms with Crippen molar-refractivity contribution in [1.82, 2.24) is 4.98 Å². The largest absolute Gasteiger partial charge is 0.396 e. The van der Waals surface area contributed by atoms with Crippen molar-refractivity contribution in [2.75, 3.05) is 23.8 Å². The summed E-state index contributed by atoms with van der Waals surface area (Å²) in [5, 5.41) is 0. The summed E-state index contributed by atoms with van der Waals surface area (Å²) in [6.07, 6.45) is 6.56. The van der Waals surface area contributed by atoms with Gasteiger partial charge < -0.3 is 15.4 Å². The lowest BCUT2D eigenvalue weighted by atomic mass is 10.1. The van der Waals surface area contributed by atoms with Gasteiger partial charge >= 0.3 is 0 Å². The van der Waals surface area contributed by atoms with E-state index < -0.39 is 0 Å². The fourth-order valence-corrected chi connectivity index (χ4v) is 2.59. The van der Waals surface area contributed by atoms with E-state index in [1.807, 2.05) is 18.3 Å². The molecule has 1 aliphatic heterocycles. The first-order chi connectivity index (χ1) is 8.36. The highest BCUT2D eigenvalue weighted by Gasteiger charge is 2.36. The lowest BCUT2D eigenvalue weighted by Gasteiger charge is -2.36. The molecule has 17 heavy (non-hydrogen) atoms. The second-order valence-electron chi connectivity index (χ2n) is 4.90. The van der Waals surface area contributed by atoms with Crippen LogP contribution in [-0.2, 0) is 4.74 Å². The fraction of sp³-hybridized carbons (Fsp3) is 0.615. The lowest BCUT2D eigenvalue weighted by Crippen LogP contribution is -2.41. The number of anilines is 2. The monoisotopic (exact) mass is 233 g/mol. The first kappa shape index (κ1) is 10.8. The number of rotatable bonds is 3. The molecule has 0 aromatic carbocycles. The van der Waals surface area contributed by atoms with E-state index in [1.165, 1.54) is 12.8 Å². The minimum Gasteiger partial charge on any atom is -0.396 e. The molecule has 92 valence electrons. The quantitative estimate of drug-likeness (QED) is 0.865. The third kappa shape index (κ3) is 2.22. The van der Waals surface area contributed by atoms with E-state index in [0.29, 0.717) is 12.1 Å². The molecule has 0 spiro atoms. The van der Waals surface area contributed by atoms with E-state index in [1.54, 1.807) is 0 Å². The minimum absolute atomic E-state index is 0.549. The fourth-order valence-electron chi connectivity index (χ4n) is 2.59. The molecule has 2 N–H and O–H groups in total. The second-order valence-corrected chi connectivity index (χ2v) is 4.90. The summed E-state index contributed by atoms with van der Waals surface area (Å²) in [6, 6.07) is 5.04. The molecule has 1 aliphatic carbocycles. The van der Waals surface area contributed by atoms with Crippen molar-refractivity contribution >= 4 is 11.5 Å². The number of hydrogen-bond donors (Lipinski definition) is 1. The Morgan fingerprint density at radius 1 is 1.18 bits per heavy atom. The number of hydrogen-bond acceptors (Lipinski definition) is 4. The van der Waals surface area contributed by atoms with Gasteiger partial charge in [0.25, 0.3) is 0 Å². The van der Waals surface area contributed by atoms with Gasteiger partial charge in [-0.05, 0) is 37.8 Å². The highest BCUT2D eigenvalue weighted by molar-refractivity contribution is 5.63. The van der Waals surface area contributed by atoms with Gasteiger partial charge in [-0.1, -0.05) is 0 Å². The van der Waals surface area contributed by atoms with Crippen LogP contribution in [0.4, 0.5) is 11.5 Å². The molecule has 0 atom stereocenters. The Labute approximate surface area is 102 Å². The average Bonchev–Trinajstić information content (AvgIpc) is 3.18. The molecule has 1 aromatic heterocycles. The Kier molecular flexibility index (Phi) is 2.89. The van der Waals surface area contributed by atoms with E-state index in [9.17, 15) is 0 Å². The molecule has 4 nitrogen and oxygen atoms in total. The summed E-state index contributed by atoms with van der Waals surface area (Å²) in [4.78, 5) is 6.92. The van der Waals surface area contributed by atoms with Crippen molar-refractivity contribution in [3.63, 3.8) is 0 Å². The predicted molar refractivity (Wildman–Crippen MR) is 68.0 cm³/mol. The topological polar surface area (TPSA) is 51.4 Å². The van der Waals surface area contributed by atoms with Crippen molar-refractivity contribution in [3.05, 3.63) is 18.3 Å². The average molecular weight is 233 g/mol. The summed E-state index contributed by atoms with van der Waals surface area (Å²) >= 11 is 0. The van der Waals surface area contributed by atoms with Crippen molar-refractivity contribution in [2.45, 2.75) is 37.8 Å². The highest BCUT2D eigenvalue weighted by Crippen LogP contribution is 2.37. The van der Waals surface area contributed by atoms with E-state index in [4.69, 9.17) is 10.5 Å². The van der Waals surface area contributed by atoms with Gasteiger partial charge in [0.1, 0.15) is 0 Å². The van der Waals surface area contributed by atoms with E-state index in [2.05, 4.69) is 9.88 Å². The highest BCUT2D eigenvalue weighted by atomic mass is 16.5. The zero-order chi connectivity index (χ0) is 11.7. The van der Waals surface area contributed by atoms with E-state index >= 15 is 0 Å². The third-order valence-electron chi connectivity index (χ3n) is 3.59. The zero-order valence-corrected chi connectivity index (χ0v) is 10.0. The summed E-state index contributed by atoms with van der Waals surface area (Å²) in [7, 11) is 0. The molecule has 4 heteroatoms. The van der Waals surface area contributed by atoms with Crippen molar-refractivity contribution in [3.8, 4) is 0 Å². The van der Waals surface area contributed by atoms with Crippen molar-refractivity contribution in [2.24, 2.45) is 0 Å². The first-order valence-corrected chi connectivity index (χ1v) is 6.43. The smallest absolute Gasteiger partial charge is 0.152 e. The zero-order valence-electron chi connectivity index (χ0n) is 10.0. The van der Waals surface area contributed by atoms with Crippen LogP contribution >= 0.6 is 0 Å². The third-order valence-corrected chi connectivity index (χ3v) is 3.59. The molecule has 3 rings (SSSR count). The maximum Gasteiger partial charge on any atom is 0.152 e. The maximum atomic E-state index is 6.06. The Balaban J connectivity index is 1.86. The summed E-state index contributed by atoms with van der Waals surface area (Å²) < 4.78 is 5.44. The molecular formula is C13H19N3O. The molecule has 0 unspecified atom stereocenters. The Hall–Kier alpha value is -1.29. The van der Waals surface area contributed by atoms with Crippen molar-refractivity contribution < 1.29 is 4.74 Å². The van der Waals surface area contributed by atoms with Gasteiger partial charge in [0.05, 0.1) is 5.69 Å². The van der Waals surface area contributed by atoms with E-state index in [-0.39, 0.29) is 0 Å². The van der Waals surface area contributed by atoms with Gasteiger partial charge in [-0.3, -0.25) is 0 Å². The Bertz CT molecular complexity index is 386. The Morgan fingerprint density at radius 3 is 2.53 bits per heavy atom. The molecule has 1 aromatic rings. The first-order valence-electron chi connectivity index (χ1n) is 6.43. The number of ether oxygens (including phenoxy) is 1. The van der Waals surface area contributed by atoms with Crippen LogP contribution < -0.4 is 10.6 Å². The second kappa shape index (κ2) is 4.53. The van der Waals surface area contributed by atoms with Gasteiger partial charge in [-0.2, -0.15) is 0 Å². The van der Waals surface area contributed by atoms with Gasteiger partial charge in [0, 0.05) is 31.5 Å². The van der Waals surface area contributed by atoms with Gasteiger partial charge in [-0.25, -0.2) is 4.98 Å². The summed E-state index contributed by atoms with van der Waals surface area (Å²) in [5.41, 5.74) is 6.86. The molecule has 0 amide bonds. The van der Waals surface area contributed by atoms with Gasteiger partial charge in [0.15, 0.2) is 5.82 Å². The molecule has 0 bridgehead atoms. The Morgan fingerprint density at radius 2 is 1.88 bits per heavy atom. The molecule has 2 heterocycles. The number of nitrogens with zero attached hydrogens (tertiary/aromatic N) is 2. The summed E-state index contributed by atoms with van der Waals surface area (Å²) in [5.74, 6) is 0.974. The number of nitrogen functional groups attached to an aromatic ring is 1. The van der Waals surface area contributed by atoms with Gasteiger partial charge in [0.2, 0.25) is 0 Å². The molecule has 0 radical (unpaired) electrons. The van der Waals surface area contributed by atoms with Crippen LogP contribution in [0.3, 0.4) is 0 Å². The predicted octanol–water partition coefficient (Wildman–Crippen LogP) is 1.81.